The lowest BCUT2D eigenvalue weighted by atomic mass is 9.82. The Morgan fingerprint density at radius 2 is 0.915 bits per heavy atom. The molecule has 0 radical (unpaired) electrons. The van der Waals surface area contributed by atoms with Gasteiger partial charge in [-0.15, -0.1) is 0 Å². The standard InChI is InChI=1S/C45H81NO/c1-4-6-8-10-12-14-16-18-20-22-24-26-28-30-32-34-38-45(42-43-36-40-46(3)41-37-44(43)47-45)39-35-33-31-29-27-25-23-21-19-17-15-13-11-9-7-5-2/h12-15,18-21,43-44H,4-11,16-17,22-42H2,1-3H3/b14-12-,15-13-,20-18-,21-19-/t43-,44?/m0/s1. The van der Waals surface area contributed by atoms with E-state index in [1.165, 1.54) is 186 Å². The zero-order valence-corrected chi connectivity index (χ0v) is 32.0. The summed E-state index contributed by atoms with van der Waals surface area (Å²) in [6, 6.07) is 0. The number of hydrogen-bond donors (Lipinski definition) is 0. The molecule has 0 aliphatic carbocycles. The van der Waals surface area contributed by atoms with Gasteiger partial charge in [0.05, 0.1) is 11.7 Å². The monoisotopic (exact) mass is 652 g/mol. The Bertz CT molecular complexity index is 743. The second-order valence-corrected chi connectivity index (χ2v) is 15.4. The van der Waals surface area contributed by atoms with Crippen molar-refractivity contribution in [2.24, 2.45) is 5.92 Å². The highest BCUT2D eigenvalue weighted by atomic mass is 16.5. The summed E-state index contributed by atoms with van der Waals surface area (Å²) in [6.07, 6.45) is 58.0. The summed E-state index contributed by atoms with van der Waals surface area (Å²) in [5.41, 5.74) is 0.190. The first-order valence-corrected chi connectivity index (χ1v) is 21.2. The molecule has 1 unspecified atom stereocenters. The van der Waals surface area contributed by atoms with E-state index in [2.05, 4.69) is 74.4 Å². The molecule has 0 spiro atoms. The quantitative estimate of drug-likeness (QED) is 0.0566. The first kappa shape index (κ1) is 42.0. The average molecular weight is 652 g/mol. The van der Waals surface area contributed by atoms with Gasteiger partial charge in [-0.1, -0.05) is 152 Å². The summed E-state index contributed by atoms with van der Waals surface area (Å²) < 4.78 is 7.08. The smallest absolute Gasteiger partial charge is 0.0690 e. The molecule has 0 N–H and O–H groups in total. The molecule has 2 heteroatoms. The molecular weight excluding hydrogens is 571 g/mol. The van der Waals surface area contributed by atoms with Gasteiger partial charge in [0.1, 0.15) is 0 Å². The normalized spacial score (nSPS) is 20.4. The number of hydrogen-bond acceptors (Lipinski definition) is 2. The number of ether oxygens (including phenoxy) is 1. The van der Waals surface area contributed by atoms with Gasteiger partial charge in [0.25, 0.3) is 0 Å². The second-order valence-electron chi connectivity index (χ2n) is 15.4. The fourth-order valence-corrected chi connectivity index (χ4v) is 7.82. The molecule has 0 aromatic carbocycles. The van der Waals surface area contributed by atoms with E-state index in [1.807, 2.05) is 0 Å². The number of likely N-dealkylation sites (tertiary alicyclic amines) is 1. The molecule has 0 amide bonds. The van der Waals surface area contributed by atoms with Crippen molar-refractivity contribution in [2.45, 2.75) is 212 Å². The lowest BCUT2D eigenvalue weighted by molar-refractivity contribution is -0.0604. The molecule has 272 valence electrons. The van der Waals surface area contributed by atoms with E-state index in [0.717, 1.165) is 18.8 Å². The van der Waals surface area contributed by atoms with Crippen molar-refractivity contribution in [3.63, 3.8) is 0 Å². The minimum absolute atomic E-state index is 0.190. The fraction of sp³-hybridized carbons (Fsp3) is 0.822. The van der Waals surface area contributed by atoms with Crippen molar-refractivity contribution in [3.8, 4) is 0 Å². The predicted octanol–water partition coefficient (Wildman–Crippen LogP) is 14.3. The molecule has 2 aliphatic rings. The molecule has 0 saturated carbocycles. The van der Waals surface area contributed by atoms with Gasteiger partial charge in [0.2, 0.25) is 0 Å². The summed E-state index contributed by atoms with van der Waals surface area (Å²) in [4.78, 5) is 2.52. The first-order valence-electron chi connectivity index (χ1n) is 21.2. The van der Waals surface area contributed by atoms with Crippen LogP contribution in [0.25, 0.3) is 0 Å². The molecule has 0 aromatic rings. The Hall–Kier alpha value is -1.12. The number of nitrogens with zero attached hydrogens (tertiary/aromatic N) is 1. The number of fused-ring (bicyclic) bond motifs is 1. The highest BCUT2D eigenvalue weighted by molar-refractivity contribution is 4.96. The molecule has 2 heterocycles. The largest absolute Gasteiger partial charge is 0.371 e. The van der Waals surface area contributed by atoms with Crippen LogP contribution >= 0.6 is 0 Å². The maximum absolute atomic E-state index is 7.08. The van der Waals surface area contributed by atoms with E-state index in [4.69, 9.17) is 4.74 Å². The van der Waals surface area contributed by atoms with Crippen LogP contribution in [-0.4, -0.2) is 36.7 Å². The van der Waals surface area contributed by atoms with Crippen LogP contribution < -0.4 is 0 Å². The van der Waals surface area contributed by atoms with E-state index in [1.54, 1.807) is 0 Å². The Morgan fingerprint density at radius 3 is 1.38 bits per heavy atom. The first-order chi connectivity index (χ1) is 23.2. The highest BCUT2D eigenvalue weighted by Crippen LogP contribution is 2.45. The summed E-state index contributed by atoms with van der Waals surface area (Å²) in [5, 5.41) is 0. The van der Waals surface area contributed by atoms with Gasteiger partial charge < -0.3 is 9.64 Å². The average Bonchev–Trinajstić information content (AvgIpc) is 3.34. The maximum Gasteiger partial charge on any atom is 0.0690 e. The predicted molar refractivity (Wildman–Crippen MR) is 210 cm³/mol. The summed E-state index contributed by atoms with van der Waals surface area (Å²) in [6.45, 7) is 7.03. The van der Waals surface area contributed by atoms with E-state index >= 15 is 0 Å². The third kappa shape index (κ3) is 22.3. The van der Waals surface area contributed by atoms with E-state index < -0.39 is 0 Å². The lowest BCUT2D eigenvalue weighted by Crippen LogP contribution is -2.30. The van der Waals surface area contributed by atoms with E-state index in [0.29, 0.717) is 6.10 Å². The van der Waals surface area contributed by atoms with E-state index in [-0.39, 0.29) is 5.60 Å². The van der Waals surface area contributed by atoms with Gasteiger partial charge in [-0.05, 0) is 116 Å². The number of unbranched alkanes of at least 4 members (excludes halogenated alkanes) is 18. The van der Waals surface area contributed by atoms with Gasteiger partial charge in [-0.25, -0.2) is 0 Å². The molecule has 47 heavy (non-hydrogen) atoms. The van der Waals surface area contributed by atoms with Crippen molar-refractivity contribution in [1.82, 2.24) is 4.90 Å². The molecule has 2 atom stereocenters. The van der Waals surface area contributed by atoms with Crippen LogP contribution in [-0.2, 0) is 4.74 Å². The topological polar surface area (TPSA) is 12.5 Å². The minimum Gasteiger partial charge on any atom is -0.371 e. The SMILES string of the molecule is CCCCC/C=C\C/C=C\CCCCCCCCC1(CCCCCCCC/C=C\C/C=C\CCCCC)C[C@@H]2CCN(C)CCC2O1. The van der Waals surface area contributed by atoms with Crippen LogP contribution in [0.1, 0.15) is 200 Å². The Morgan fingerprint density at radius 1 is 0.511 bits per heavy atom. The molecule has 2 nitrogen and oxygen atoms in total. The molecular formula is C45H81NO. The number of allylic oxidation sites excluding steroid dienone is 8. The summed E-state index contributed by atoms with van der Waals surface area (Å²) in [7, 11) is 2.29. The molecule has 0 bridgehead atoms. The second kappa shape index (κ2) is 29.8. The van der Waals surface area contributed by atoms with Crippen molar-refractivity contribution in [3.05, 3.63) is 48.6 Å². The van der Waals surface area contributed by atoms with Gasteiger partial charge in [-0.2, -0.15) is 0 Å². The highest BCUT2D eigenvalue weighted by Gasteiger charge is 2.45. The van der Waals surface area contributed by atoms with Gasteiger partial charge >= 0.3 is 0 Å². The van der Waals surface area contributed by atoms with Gasteiger partial charge in [0.15, 0.2) is 0 Å². The molecule has 2 aliphatic heterocycles. The van der Waals surface area contributed by atoms with Gasteiger partial charge in [0, 0.05) is 6.54 Å². The van der Waals surface area contributed by atoms with Crippen LogP contribution in [0.5, 0.6) is 0 Å². The Labute approximate surface area is 295 Å². The van der Waals surface area contributed by atoms with Crippen LogP contribution in [0.15, 0.2) is 48.6 Å². The van der Waals surface area contributed by atoms with Crippen molar-refractivity contribution in [1.29, 1.82) is 0 Å². The molecule has 0 aromatic heterocycles. The zero-order chi connectivity index (χ0) is 33.5. The third-order valence-corrected chi connectivity index (χ3v) is 10.9. The van der Waals surface area contributed by atoms with Crippen LogP contribution in [0.4, 0.5) is 0 Å². The van der Waals surface area contributed by atoms with Crippen LogP contribution in [0.3, 0.4) is 0 Å². The molecule has 2 fully saturated rings. The van der Waals surface area contributed by atoms with Crippen molar-refractivity contribution >= 4 is 0 Å². The molecule has 2 rings (SSSR count). The lowest BCUT2D eigenvalue weighted by Gasteiger charge is -2.30. The fourth-order valence-electron chi connectivity index (χ4n) is 7.82. The minimum atomic E-state index is 0.190. The summed E-state index contributed by atoms with van der Waals surface area (Å²) >= 11 is 0. The van der Waals surface area contributed by atoms with Gasteiger partial charge in [-0.3, -0.25) is 0 Å². The maximum atomic E-state index is 7.08. The third-order valence-electron chi connectivity index (χ3n) is 10.9. The van der Waals surface area contributed by atoms with Crippen LogP contribution in [0.2, 0.25) is 0 Å². The summed E-state index contributed by atoms with van der Waals surface area (Å²) in [5.74, 6) is 0.800. The van der Waals surface area contributed by atoms with E-state index in [9.17, 15) is 0 Å². The Balaban J connectivity index is 1.56. The zero-order valence-electron chi connectivity index (χ0n) is 32.0. The van der Waals surface area contributed by atoms with Crippen LogP contribution in [0, 0.1) is 5.92 Å². The molecule has 2 saturated heterocycles. The van der Waals surface area contributed by atoms with Crippen molar-refractivity contribution < 1.29 is 4.74 Å². The van der Waals surface area contributed by atoms with Crippen molar-refractivity contribution in [2.75, 3.05) is 20.1 Å². The Kier molecular flexibility index (Phi) is 26.6. The number of rotatable bonds is 30.